The first-order valence-corrected chi connectivity index (χ1v) is 11.4. The second-order valence-electron chi connectivity index (χ2n) is 7.66. The fourth-order valence-corrected chi connectivity index (χ4v) is 4.66. The Morgan fingerprint density at radius 2 is 1.60 bits per heavy atom. The van der Waals surface area contributed by atoms with E-state index in [2.05, 4.69) is 35.6 Å². The molecule has 1 saturated heterocycles. The van der Waals surface area contributed by atoms with Gasteiger partial charge in [0.1, 0.15) is 0 Å². The third-order valence-electron chi connectivity index (χ3n) is 5.61. The fraction of sp³-hybridized carbons (Fsp3) is 0.280. The van der Waals surface area contributed by atoms with Crippen LogP contribution < -0.4 is 5.32 Å². The molecule has 4 nitrogen and oxygen atoms in total. The lowest BCUT2D eigenvalue weighted by atomic mass is 9.96. The highest BCUT2D eigenvalue weighted by atomic mass is 32.2. The average molecular weight is 419 g/mol. The van der Waals surface area contributed by atoms with E-state index in [0.717, 1.165) is 23.3 Å². The number of amides is 2. The van der Waals surface area contributed by atoms with Gasteiger partial charge in [-0.2, -0.15) is 0 Å². The van der Waals surface area contributed by atoms with Crippen molar-refractivity contribution >= 4 is 34.3 Å². The Morgan fingerprint density at radius 1 is 0.900 bits per heavy atom. The molecule has 3 aromatic rings. The Balaban J connectivity index is 1.22. The first-order valence-electron chi connectivity index (χ1n) is 10.4. The number of fused-ring (bicyclic) bond motifs is 1. The largest absolute Gasteiger partial charge is 0.352 e. The second kappa shape index (κ2) is 9.81. The van der Waals surface area contributed by atoms with Crippen molar-refractivity contribution < 1.29 is 9.59 Å². The number of hydrogen-bond donors (Lipinski definition) is 1. The van der Waals surface area contributed by atoms with E-state index in [1.807, 2.05) is 47.4 Å². The molecule has 0 spiro atoms. The van der Waals surface area contributed by atoms with E-state index < -0.39 is 0 Å². The quantitative estimate of drug-likeness (QED) is 0.600. The maximum absolute atomic E-state index is 12.6. The highest BCUT2D eigenvalue weighted by molar-refractivity contribution is 8.00. The van der Waals surface area contributed by atoms with Crippen LogP contribution in [-0.4, -0.2) is 35.6 Å². The third kappa shape index (κ3) is 5.22. The lowest BCUT2D eigenvalue weighted by molar-refractivity contribution is -0.133. The molecule has 0 unspecified atom stereocenters. The van der Waals surface area contributed by atoms with Crippen LogP contribution in [0.25, 0.3) is 10.8 Å². The molecule has 0 aromatic heterocycles. The van der Waals surface area contributed by atoms with Gasteiger partial charge >= 0.3 is 0 Å². The summed E-state index contributed by atoms with van der Waals surface area (Å²) in [5.74, 6) is 0.669. The van der Waals surface area contributed by atoms with Gasteiger partial charge in [0.05, 0.1) is 5.75 Å². The van der Waals surface area contributed by atoms with Crippen molar-refractivity contribution in [1.82, 2.24) is 10.2 Å². The summed E-state index contributed by atoms with van der Waals surface area (Å²) < 4.78 is 0. The van der Waals surface area contributed by atoms with Gasteiger partial charge in [0.2, 0.25) is 11.8 Å². The van der Waals surface area contributed by atoms with Crippen molar-refractivity contribution in [2.24, 2.45) is 5.92 Å². The molecular weight excluding hydrogens is 392 g/mol. The van der Waals surface area contributed by atoms with Crippen LogP contribution in [0.15, 0.2) is 77.7 Å². The smallest absolute Gasteiger partial charge is 0.232 e. The van der Waals surface area contributed by atoms with E-state index in [4.69, 9.17) is 0 Å². The summed E-state index contributed by atoms with van der Waals surface area (Å²) in [7, 11) is 0. The van der Waals surface area contributed by atoms with Crippen molar-refractivity contribution in [3.05, 3.63) is 78.4 Å². The first-order chi connectivity index (χ1) is 14.7. The lowest BCUT2D eigenvalue weighted by Gasteiger charge is -2.31. The van der Waals surface area contributed by atoms with E-state index in [-0.39, 0.29) is 17.7 Å². The summed E-state index contributed by atoms with van der Waals surface area (Å²) in [4.78, 5) is 28.1. The molecule has 1 aliphatic heterocycles. The van der Waals surface area contributed by atoms with Gasteiger partial charge in [-0.1, -0.05) is 60.7 Å². The number of carbonyl (C=O) groups is 2. The van der Waals surface area contributed by atoms with Crippen molar-refractivity contribution in [2.75, 3.05) is 18.8 Å². The number of thioether (sulfide) groups is 1. The molecule has 1 N–H and O–H groups in total. The summed E-state index contributed by atoms with van der Waals surface area (Å²) in [6, 6.07) is 24.5. The van der Waals surface area contributed by atoms with Crippen LogP contribution in [0, 0.1) is 5.92 Å². The average Bonchev–Trinajstić information content (AvgIpc) is 2.81. The molecule has 0 atom stereocenters. The van der Waals surface area contributed by atoms with Gasteiger partial charge < -0.3 is 10.2 Å². The standard InChI is InChI=1S/C25H26N2O2S/c28-24(18-30-23-11-10-20-8-4-5-9-22(20)16-23)27-14-12-21(13-15-27)25(29)26-17-19-6-2-1-3-7-19/h1-11,16,21H,12-15,17-18H2,(H,26,29). The van der Waals surface area contributed by atoms with Gasteiger partial charge in [-0.3, -0.25) is 9.59 Å². The highest BCUT2D eigenvalue weighted by Gasteiger charge is 2.27. The molecule has 0 aliphatic carbocycles. The molecule has 154 valence electrons. The van der Waals surface area contributed by atoms with Gasteiger partial charge in [-0.05, 0) is 41.3 Å². The van der Waals surface area contributed by atoms with Crippen LogP contribution in [-0.2, 0) is 16.1 Å². The second-order valence-corrected chi connectivity index (χ2v) is 8.70. The van der Waals surface area contributed by atoms with Gasteiger partial charge in [-0.25, -0.2) is 0 Å². The van der Waals surface area contributed by atoms with Crippen molar-refractivity contribution in [3.63, 3.8) is 0 Å². The summed E-state index contributed by atoms with van der Waals surface area (Å²) in [6.45, 7) is 1.86. The number of benzene rings is 3. The Kier molecular flexibility index (Phi) is 6.70. The Bertz CT molecular complexity index is 1010. The molecule has 0 bridgehead atoms. The van der Waals surface area contributed by atoms with Crippen LogP contribution in [0.3, 0.4) is 0 Å². The molecule has 5 heteroatoms. The maximum Gasteiger partial charge on any atom is 0.232 e. The minimum Gasteiger partial charge on any atom is -0.352 e. The molecular formula is C25H26N2O2S. The lowest BCUT2D eigenvalue weighted by Crippen LogP contribution is -2.43. The summed E-state index contributed by atoms with van der Waals surface area (Å²) >= 11 is 1.58. The molecule has 2 amide bonds. The van der Waals surface area contributed by atoms with Crippen molar-refractivity contribution in [3.8, 4) is 0 Å². The molecule has 0 saturated carbocycles. The van der Waals surface area contributed by atoms with E-state index >= 15 is 0 Å². The predicted molar refractivity (Wildman–Crippen MR) is 122 cm³/mol. The number of likely N-dealkylation sites (tertiary alicyclic amines) is 1. The first kappa shape index (κ1) is 20.5. The molecule has 1 heterocycles. The summed E-state index contributed by atoms with van der Waals surface area (Å²) in [5, 5.41) is 5.43. The van der Waals surface area contributed by atoms with Crippen LogP contribution in [0.2, 0.25) is 0 Å². The number of nitrogens with one attached hydrogen (secondary N) is 1. The van der Waals surface area contributed by atoms with E-state index in [1.165, 1.54) is 10.8 Å². The minimum absolute atomic E-state index is 0.00842. The normalized spacial score (nSPS) is 14.6. The van der Waals surface area contributed by atoms with E-state index in [0.29, 0.717) is 25.4 Å². The van der Waals surface area contributed by atoms with Gasteiger partial charge in [0.15, 0.2) is 0 Å². The topological polar surface area (TPSA) is 49.4 Å². The van der Waals surface area contributed by atoms with E-state index in [1.54, 1.807) is 11.8 Å². The van der Waals surface area contributed by atoms with Crippen molar-refractivity contribution in [2.45, 2.75) is 24.3 Å². The van der Waals surface area contributed by atoms with Crippen LogP contribution in [0.4, 0.5) is 0 Å². The third-order valence-corrected chi connectivity index (χ3v) is 6.59. The Hall–Kier alpha value is -2.79. The molecule has 4 rings (SSSR count). The molecule has 30 heavy (non-hydrogen) atoms. The number of carbonyl (C=O) groups excluding carboxylic acids is 2. The molecule has 0 radical (unpaired) electrons. The number of hydrogen-bond acceptors (Lipinski definition) is 3. The molecule has 1 fully saturated rings. The predicted octanol–water partition coefficient (Wildman–Crippen LogP) is 4.49. The highest BCUT2D eigenvalue weighted by Crippen LogP contribution is 2.25. The van der Waals surface area contributed by atoms with Gasteiger partial charge in [-0.15, -0.1) is 11.8 Å². The van der Waals surface area contributed by atoms with Crippen LogP contribution in [0.1, 0.15) is 18.4 Å². The van der Waals surface area contributed by atoms with Crippen LogP contribution >= 0.6 is 11.8 Å². The fourth-order valence-electron chi connectivity index (χ4n) is 3.81. The minimum atomic E-state index is -0.00842. The zero-order chi connectivity index (χ0) is 20.8. The van der Waals surface area contributed by atoms with Gasteiger partial charge in [0, 0.05) is 30.4 Å². The maximum atomic E-state index is 12.6. The Labute approximate surface area is 181 Å². The summed E-state index contributed by atoms with van der Waals surface area (Å²) in [5.41, 5.74) is 1.10. The van der Waals surface area contributed by atoms with Crippen LogP contribution in [0.5, 0.6) is 0 Å². The number of piperidine rings is 1. The molecule has 1 aliphatic rings. The number of rotatable bonds is 6. The summed E-state index contributed by atoms with van der Waals surface area (Å²) in [6.07, 6.45) is 1.46. The SMILES string of the molecule is O=C(NCc1ccccc1)C1CCN(C(=O)CSc2ccc3ccccc3c2)CC1. The zero-order valence-electron chi connectivity index (χ0n) is 16.9. The zero-order valence-corrected chi connectivity index (χ0v) is 17.7. The number of nitrogens with zero attached hydrogens (tertiary/aromatic N) is 1. The van der Waals surface area contributed by atoms with E-state index in [9.17, 15) is 9.59 Å². The van der Waals surface area contributed by atoms with Crippen molar-refractivity contribution in [1.29, 1.82) is 0 Å². The monoisotopic (exact) mass is 418 g/mol. The Morgan fingerprint density at radius 3 is 2.37 bits per heavy atom. The van der Waals surface area contributed by atoms with Gasteiger partial charge in [0.25, 0.3) is 0 Å². The molecule has 3 aromatic carbocycles.